The minimum absolute atomic E-state index is 1.02. The van der Waals surface area contributed by atoms with Crippen LogP contribution in [0.25, 0.3) is 0 Å². The monoisotopic (exact) mass is 264 g/mol. The van der Waals surface area contributed by atoms with E-state index in [1.807, 2.05) is 11.6 Å². The molecule has 3 aromatic rings. The highest BCUT2D eigenvalue weighted by molar-refractivity contribution is 7.18. The second kappa shape index (κ2) is 4.37. The van der Waals surface area contributed by atoms with Crippen molar-refractivity contribution < 1.29 is 0 Å². The van der Waals surface area contributed by atoms with Crippen LogP contribution in [0.1, 0.15) is 0 Å². The average Bonchev–Trinajstić information content (AvgIpc) is 3.02. The molecule has 0 aliphatic carbocycles. The Balaban J connectivity index is 2.09. The van der Waals surface area contributed by atoms with Gasteiger partial charge in [0.05, 0.1) is 0 Å². The molecule has 16 heavy (non-hydrogen) atoms. The molecule has 0 unspecified atom stereocenters. The zero-order valence-electron chi connectivity index (χ0n) is 8.24. The minimum Gasteiger partial charge on any atom is -0.268 e. The van der Waals surface area contributed by atoms with Crippen LogP contribution in [-0.4, -0.2) is 4.98 Å². The maximum atomic E-state index is 4.39. The van der Waals surface area contributed by atoms with E-state index in [9.17, 15) is 0 Å². The fourth-order valence-corrected chi connectivity index (χ4v) is 3.75. The highest BCUT2D eigenvalue weighted by atomic mass is 32.1. The summed E-state index contributed by atoms with van der Waals surface area (Å²) >= 11 is 5.11. The molecule has 0 saturated carbocycles. The standard InChI is InChI=1S/C11H8N2S3/c1-3-9(14-6-1)13(10-4-2-7-15-10)11-12-5-8-16-11/h1-8H. The van der Waals surface area contributed by atoms with Crippen LogP contribution in [0.3, 0.4) is 0 Å². The van der Waals surface area contributed by atoms with E-state index in [1.54, 1.807) is 34.0 Å². The normalized spacial score (nSPS) is 10.5. The first-order valence-corrected chi connectivity index (χ1v) is 7.36. The Morgan fingerprint density at radius 3 is 2.00 bits per heavy atom. The topological polar surface area (TPSA) is 16.1 Å². The summed E-state index contributed by atoms with van der Waals surface area (Å²) in [6.07, 6.45) is 1.84. The molecule has 0 bridgehead atoms. The third-order valence-electron chi connectivity index (χ3n) is 2.06. The molecule has 0 aliphatic rings. The summed E-state index contributed by atoms with van der Waals surface area (Å²) in [5.74, 6) is 0. The van der Waals surface area contributed by atoms with Crippen molar-refractivity contribution in [1.82, 2.24) is 4.98 Å². The number of rotatable bonds is 3. The van der Waals surface area contributed by atoms with Crippen LogP contribution in [0.2, 0.25) is 0 Å². The van der Waals surface area contributed by atoms with Gasteiger partial charge in [-0.1, -0.05) is 0 Å². The van der Waals surface area contributed by atoms with Gasteiger partial charge in [0.25, 0.3) is 0 Å². The maximum absolute atomic E-state index is 4.39. The average molecular weight is 264 g/mol. The molecule has 3 rings (SSSR count). The van der Waals surface area contributed by atoms with E-state index >= 15 is 0 Å². The molecule has 0 atom stereocenters. The summed E-state index contributed by atoms with van der Waals surface area (Å²) < 4.78 is 0. The molecule has 0 saturated heterocycles. The highest BCUT2D eigenvalue weighted by Gasteiger charge is 2.15. The predicted molar refractivity (Wildman–Crippen MR) is 72.6 cm³/mol. The number of hydrogen-bond acceptors (Lipinski definition) is 5. The summed E-state index contributed by atoms with van der Waals surface area (Å²) in [5.41, 5.74) is 0. The third-order valence-corrected chi connectivity index (χ3v) is 4.53. The van der Waals surface area contributed by atoms with Gasteiger partial charge < -0.3 is 0 Å². The number of hydrogen-bond donors (Lipinski definition) is 0. The van der Waals surface area contributed by atoms with Gasteiger partial charge in [0.15, 0.2) is 5.13 Å². The van der Waals surface area contributed by atoms with Crippen molar-refractivity contribution in [3.05, 3.63) is 46.6 Å². The van der Waals surface area contributed by atoms with Crippen LogP contribution in [0.4, 0.5) is 15.1 Å². The van der Waals surface area contributed by atoms with Crippen LogP contribution in [0, 0.1) is 0 Å². The van der Waals surface area contributed by atoms with Crippen LogP contribution < -0.4 is 4.90 Å². The summed E-state index contributed by atoms with van der Waals surface area (Å²) in [6.45, 7) is 0. The lowest BCUT2D eigenvalue weighted by atomic mass is 10.5. The van der Waals surface area contributed by atoms with Crippen molar-refractivity contribution in [2.75, 3.05) is 4.90 Å². The zero-order chi connectivity index (χ0) is 10.8. The SMILES string of the molecule is c1csc(N(c2cccs2)c2nccs2)c1. The van der Waals surface area contributed by atoms with E-state index in [2.05, 4.69) is 44.9 Å². The molecule has 0 fully saturated rings. The number of anilines is 3. The fourth-order valence-electron chi connectivity index (χ4n) is 1.42. The smallest absolute Gasteiger partial charge is 0.195 e. The lowest BCUT2D eigenvalue weighted by Gasteiger charge is -2.17. The third kappa shape index (κ3) is 1.77. The molecule has 0 radical (unpaired) electrons. The van der Waals surface area contributed by atoms with Crippen LogP contribution in [0.15, 0.2) is 46.6 Å². The molecule has 3 aromatic heterocycles. The van der Waals surface area contributed by atoms with Gasteiger partial charge in [-0.15, -0.1) is 34.0 Å². The van der Waals surface area contributed by atoms with Gasteiger partial charge in [-0.3, -0.25) is 4.90 Å². The van der Waals surface area contributed by atoms with Gasteiger partial charge in [0.1, 0.15) is 10.0 Å². The van der Waals surface area contributed by atoms with Crippen molar-refractivity contribution >= 4 is 49.1 Å². The molecule has 3 heterocycles. The lowest BCUT2D eigenvalue weighted by molar-refractivity contribution is 1.28. The van der Waals surface area contributed by atoms with Gasteiger partial charge in [-0.2, -0.15) is 0 Å². The number of aromatic nitrogens is 1. The number of thiophene rings is 2. The van der Waals surface area contributed by atoms with Crippen molar-refractivity contribution in [1.29, 1.82) is 0 Å². The van der Waals surface area contributed by atoms with Crippen molar-refractivity contribution in [2.24, 2.45) is 0 Å². The van der Waals surface area contributed by atoms with E-state index in [-0.39, 0.29) is 0 Å². The molecule has 2 nitrogen and oxygen atoms in total. The van der Waals surface area contributed by atoms with Gasteiger partial charge in [-0.05, 0) is 35.0 Å². The van der Waals surface area contributed by atoms with Crippen molar-refractivity contribution in [3.63, 3.8) is 0 Å². The summed E-state index contributed by atoms with van der Waals surface area (Å²) in [6, 6.07) is 8.36. The summed E-state index contributed by atoms with van der Waals surface area (Å²) in [5, 5.41) is 9.61. The molecule has 5 heteroatoms. The van der Waals surface area contributed by atoms with E-state index < -0.39 is 0 Å². The Hall–Kier alpha value is -1.17. The Morgan fingerprint density at radius 1 is 0.875 bits per heavy atom. The molecule has 80 valence electrons. The summed E-state index contributed by atoms with van der Waals surface area (Å²) in [7, 11) is 0. The molecular formula is C11H8N2S3. The quantitative estimate of drug-likeness (QED) is 0.679. The van der Waals surface area contributed by atoms with E-state index in [0.29, 0.717) is 0 Å². The van der Waals surface area contributed by atoms with Crippen LogP contribution in [-0.2, 0) is 0 Å². The lowest BCUT2D eigenvalue weighted by Crippen LogP contribution is -2.05. The van der Waals surface area contributed by atoms with Crippen LogP contribution >= 0.6 is 34.0 Å². The van der Waals surface area contributed by atoms with Crippen molar-refractivity contribution in [2.45, 2.75) is 0 Å². The zero-order valence-corrected chi connectivity index (χ0v) is 10.7. The first kappa shape index (κ1) is 10.0. The number of thiazole rings is 1. The molecule has 0 spiro atoms. The minimum atomic E-state index is 1.02. The Labute approximate surface area is 105 Å². The van der Waals surface area contributed by atoms with Crippen molar-refractivity contribution in [3.8, 4) is 0 Å². The Morgan fingerprint density at radius 2 is 1.56 bits per heavy atom. The van der Waals surface area contributed by atoms with Crippen LogP contribution in [0.5, 0.6) is 0 Å². The van der Waals surface area contributed by atoms with Gasteiger partial charge in [0.2, 0.25) is 0 Å². The highest BCUT2D eigenvalue weighted by Crippen LogP contribution is 2.40. The second-order valence-corrected chi connectivity index (χ2v) is 5.78. The van der Waals surface area contributed by atoms with Gasteiger partial charge >= 0.3 is 0 Å². The largest absolute Gasteiger partial charge is 0.268 e. The molecule has 0 aliphatic heterocycles. The van der Waals surface area contributed by atoms with E-state index in [0.717, 1.165) is 5.13 Å². The number of nitrogens with zero attached hydrogens (tertiary/aromatic N) is 2. The van der Waals surface area contributed by atoms with E-state index in [1.165, 1.54) is 10.0 Å². The molecule has 0 N–H and O–H groups in total. The molecule has 0 aromatic carbocycles. The Bertz CT molecular complexity index is 444. The first-order chi connectivity index (χ1) is 7.95. The fraction of sp³-hybridized carbons (Fsp3) is 0. The maximum Gasteiger partial charge on any atom is 0.195 e. The van der Waals surface area contributed by atoms with Gasteiger partial charge in [-0.25, -0.2) is 4.98 Å². The first-order valence-electron chi connectivity index (χ1n) is 4.72. The second-order valence-electron chi connectivity index (χ2n) is 3.05. The summed E-state index contributed by atoms with van der Waals surface area (Å²) in [4.78, 5) is 6.58. The van der Waals surface area contributed by atoms with Gasteiger partial charge in [0, 0.05) is 11.6 Å². The Kier molecular flexibility index (Phi) is 2.73. The predicted octanol–water partition coefficient (Wildman–Crippen LogP) is 4.74. The molecule has 0 amide bonds. The van der Waals surface area contributed by atoms with E-state index in [4.69, 9.17) is 0 Å². The molecular weight excluding hydrogens is 256 g/mol.